The minimum absolute atomic E-state index is 0.0167. The molecule has 2 aromatic heterocycles. The van der Waals surface area contributed by atoms with Crippen LogP contribution in [0.25, 0.3) is 22.8 Å². The van der Waals surface area contributed by atoms with Crippen LogP contribution in [0.1, 0.15) is 0 Å². The van der Waals surface area contributed by atoms with Crippen molar-refractivity contribution in [1.82, 2.24) is 10.1 Å². The first-order valence-corrected chi connectivity index (χ1v) is 5.51. The minimum Gasteiger partial charge on any atom is -0.504 e. The van der Waals surface area contributed by atoms with E-state index in [-0.39, 0.29) is 5.75 Å². The quantitative estimate of drug-likeness (QED) is 0.777. The van der Waals surface area contributed by atoms with Crippen LogP contribution in [0.3, 0.4) is 0 Å². The fourth-order valence-electron chi connectivity index (χ4n) is 1.67. The van der Waals surface area contributed by atoms with Crippen LogP contribution < -0.4 is 4.74 Å². The van der Waals surface area contributed by atoms with Crippen molar-refractivity contribution in [3.8, 4) is 34.3 Å². The number of aromatic nitrogens is 2. The monoisotopic (exact) mass is 258 g/mol. The Bertz CT molecular complexity index is 688. The SMILES string of the molecule is COc1ccc(-c2nc(-c3ccoc3)no2)cc1O. The van der Waals surface area contributed by atoms with E-state index in [0.717, 1.165) is 5.56 Å². The van der Waals surface area contributed by atoms with Gasteiger partial charge in [0.1, 0.15) is 6.26 Å². The van der Waals surface area contributed by atoms with Crippen LogP contribution in [0, 0.1) is 0 Å². The number of phenolic OH excluding ortho intramolecular Hbond substituents is 1. The first-order valence-electron chi connectivity index (χ1n) is 5.51. The minimum atomic E-state index is 0.0167. The van der Waals surface area contributed by atoms with Gasteiger partial charge in [-0.25, -0.2) is 0 Å². The number of nitrogens with zero attached hydrogens (tertiary/aromatic N) is 2. The van der Waals surface area contributed by atoms with Crippen molar-refractivity contribution in [3.05, 3.63) is 36.8 Å². The van der Waals surface area contributed by atoms with E-state index >= 15 is 0 Å². The number of hydrogen-bond acceptors (Lipinski definition) is 6. The Kier molecular flexibility index (Phi) is 2.68. The smallest absolute Gasteiger partial charge is 0.258 e. The zero-order valence-corrected chi connectivity index (χ0v) is 10.0. The Balaban J connectivity index is 1.97. The lowest BCUT2D eigenvalue weighted by molar-refractivity contribution is 0.373. The first kappa shape index (κ1) is 11.3. The van der Waals surface area contributed by atoms with Crippen LogP contribution in [0.2, 0.25) is 0 Å². The summed E-state index contributed by atoms with van der Waals surface area (Å²) in [6.07, 6.45) is 3.06. The van der Waals surface area contributed by atoms with Crippen LogP contribution in [0.5, 0.6) is 11.5 Å². The summed E-state index contributed by atoms with van der Waals surface area (Å²) >= 11 is 0. The Labute approximate surface area is 108 Å². The number of phenols is 1. The van der Waals surface area contributed by atoms with E-state index in [0.29, 0.717) is 23.0 Å². The van der Waals surface area contributed by atoms with E-state index in [1.807, 2.05) is 0 Å². The standard InChI is InChI=1S/C13H10N2O4/c1-17-11-3-2-8(6-10(11)16)13-14-12(15-19-13)9-4-5-18-7-9/h2-7,16H,1H3. The average molecular weight is 258 g/mol. The van der Waals surface area contributed by atoms with Gasteiger partial charge < -0.3 is 18.8 Å². The Morgan fingerprint density at radius 3 is 2.79 bits per heavy atom. The molecule has 1 N–H and O–H groups in total. The van der Waals surface area contributed by atoms with E-state index in [9.17, 15) is 5.11 Å². The molecule has 1 aromatic carbocycles. The lowest BCUT2D eigenvalue weighted by atomic mass is 10.2. The molecule has 6 heteroatoms. The van der Waals surface area contributed by atoms with E-state index in [1.54, 1.807) is 18.2 Å². The van der Waals surface area contributed by atoms with E-state index in [2.05, 4.69) is 10.1 Å². The van der Waals surface area contributed by atoms with Crippen molar-refractivity contribution in [2.45, 2.75) is 0 Å². The van der Waals surface area contributed by atoms with Crippen molar-refractivity contribution >= 4 is 0 Å². The maximum atomic E-state index is 9.71. The van der Waals surface area contributed by atoms with Gasteiger partial charge in [0, 0.05) is 5.56 Å². The summed E-state index contributed by atoms with van der Waals surface area (Å²) in [5.74, 6) is 1.15. The number of methoxy groups -OCH3 is 1. The molecule has 19 heavy (non-hydrogen) atoms. The molecule has 2 heterocycles. The number of rotatable bonds is 3. The number of hydrogen-bond donors (Lipinski definition) is 1. The predicted octanol–water partition coefficient (Wildman–Crippen LogP) is 2.71. The second kappa shape index (κ2) is 4.49. The van der Waals surface area contributed by atoms with Crippen molar-refractivity contribution in [1.29, 1.82) is 0 Å². The van der Waals surface area contributed by atoms with Crippen molar-refractivity contribution < 1.29 is 18.8 Å². The van der Waals surface area contributed by atoms with Gasteiger partial charge in [0.05, 0.1) is 18.9 Å². The zero-order valence-electron chi connectivity index (χ0n) is 10.0. The van der Waals surface area contributed by atoms with Gasteiger partial charge in [-0.3, -0.25) is 0 Å². The lowest BCUT2D eigenvalue weighted by Gasteiger charge is -2.03. The van der Waals surface area contributed by atoms with E-state index in [1.165, 1.54) is 25.7 Å². The third-order valence-electron chi connectivity index (χ3n) is 2.63. The summed E-state index contributed by atoms with van der Waals surface area (Å²) in [5.41, 5.74) is 1.34. The molecule has 96 valence electrons. The highest BCUT2D eigenvalue weighted by Crippen LogP contribution is 2.31. The van der Waals surface area contributed by atoms with E-state index in [4.69, 9.17) is 13.7 Å². The van der Waals surface area contributed by atoms with Crippen LogP contribution in [0.15, 0.2) is 45.7 Å². The summed E-state index contributed by atoms with van der Waals surface area (Å²) in [5, 5.41) is 13.6. The van der Waals surface area contributed by atoms with Gasteiger partial charge in [-0.1, -0.05) is 5.16 Å². The normalized spacial score (nSPS) is 10.6. The highest BCUT2D eigenvalue weighted by Gasteiger charge is 2.13. The molecule has 0 spiro atoms. The van der Waals surface area contributed by atoms with Gasteiger partial charge in [-0.05, 0) is 24.3 Å². The molecule has 0 aliphatic heterocycles. The Morgan fingerprint density at radius 2 is 2.11 bits per heavy atom. The third kappa shape index (κ3) is 2.03. The Morgan fingerprint density at radius 1 is 1.21 bits per heavy atom. The van der Waals surface area contributed by atoms with Crippen LogP contribution in [0.4, 0.5) is 0 Å². The van der Waals surface area contributed by atoms with Crippen LogP contribution in [-0.2, 0) is 0 Å². The lowest BCUT2D eigenvalue weighted by Crippen LogP contribution is -1.84. The Hall–Kier alpha value is -2.76. The molecule has 0 saturated carbocycles. The maximum Gasteiger partial charge on any atom is 0.258 e. The maximum absolute atomic E-state index is 9.71. The second-order valence-electron chi connectivity index (χ2n) is 3.82. The third-order valence-corrected chi connectivity index (χ3v) is 2.63. The molecule has 0 aliphatic carbocycles. The molecule has 0 saturated heterocycles. The summed E-state index contributed by atoms with van der Waals surface area (Å²) in [6.45, 7) is 0. The highest BCUT2D eigenvalue weighted by molar-refractivity contribution is 5.62. The summed E-state index contributed by atoms with van der Waals surface area (Å²) < 4.78 is 15.1. The largest absolute Gasteiger partial charge is 0.504 e. The average Bonchev–Trinajstić information content (AvgIpc) is 3.09. The summed E-state index contributed by atoms with van der Waals surface area (Å²) in [6, 6.07) is 6.60. The number of furan rings is 1. The molecule has 0 unspecified atom stereocenters. The molecule has 0 aliphatic rings. The van der Waals surface area contributed by atoms with Crippen LogP contribution >= 0.6 is 0 Å². The number of ether oxygens (including phenoxy) is 1. The van der Waals surface area contributed by atoms with Crippen molar-refractivity contribution in [3.63, 3.8) is 0 Å². The topological polar surface area (TPSA) is 81.5 Å². The number of aromatic hydroxyl groups is 1. The molecule has 0 fully saturated rings. The van der Waals surface area contributed by atoms with Gasteiger partial charge >= 0.3 is 0 Å². The molecule has 3 rings (SSSR count). The molecular formula is C13H10N2O4. The predicted molar refractivity (Wildman–Crippen MR) is 65.7 cm³/mol. The van der Waals surface area contributed by atoms with Gasteiger partial charge in [0.15, 0.2) is 11.5 Å². The second-order valence-corrected chi connectivity index (χ2v) is 3.82. The molecule has 0 atom stereocenters. The molecule has 6 nitrogen and oxygen atoms in total. The zero-order chi connectivity index (χ0) is 13.2. The molecular weight excluding hydrogens is 248 g/mol. The molecule has 3 aromatic rings. The van der Waals surface area contributed by atoms with Gasteiger partial charge in [-0.2, -0.15) is 4.98 Å². The van der Waals surface area contributed by atoms with Gasteiger partial charge in [-0.15, -0.1) is 0 Å². The fraction of sp³-hybridized carbons (Fsp3) is 0.0769. The summed E-state index contributed by atoms with van der Waals surface area (Å²) in [4.78, 5) is 4.23. The van der Waals surface area contributed by atoms with E-state index < -0.39 is 0 Å². The highest BCUT2D eigenvalue weighted by atomic mass is 16.5. The van der Waals surface area contributed by atoms with Gasteiger partial charge in [0.25, 0.3) is 5.89 Å². The molecule has 0 bridgehead atoms. The molecule has 0 amide bonds. The van der Waals surface area contributed by atoms with Crippen molar-refractivity contribution in [2.24, 2.45) is 0 Å². The summed E-state index contributed by atoms with van der Waals surface area (Å²) in [7, 11) is 1.48. The van der Waals surface area contributed by atoms with Crippen molar-refractivity contribution in [2.75, 3.05) is 7.11 Å². The first-order chi connectivity index (χ1) is 9.28. The fourth-order valence-corrected chi connectivity index (χ4v) is 1.67. The molecule has 0 radical (unpaired) electrons. The van der Waals surface area contributed by atoms with Crippen LogP contribution in [-0.4, -0.2) is 22.4 Å². The van der Waals surface area contributed by atoms with Gasteiger partial charge in [0.2, 0.25) is 5.82 Å². The number of benzene rings is 1.